The topological polar surface area (TPSA) is 56.1 Å². The van der Waals surface area contributed by atoms with E-state index in [0.29, 0.717) is 6.04 Å². The number of pyridine rings is 1. The number of aliphatic imine (C=N–C) groups is 2. The van der Waals surface area contributed by atoms with E-state index in [1.807, 2.05) is 24.6 Å². The number of likely N-dealkylation sites (tertiary alicyclic amines) is 1. The molecule has 2 aliphatic rings. The second kappa shape index (κ2) is 11.0. The molecule has 3 rings (SSSR count). The first-order valence-corrected chi connectivity index (χ1v) is 10.6. The highest BCUT2D eigenvalue weighted by Gasteiger charge is 2.27. The molecule has 2 aliphatic heterocycles. The molecule has 0 spiro atoms. The Morgan fingerprint density at radius 3 is 2.93 bits per heavy atom. The van der Waals surface area contributed by atoms with Gasteiger partial charge >= 0.3 is 0 Å². The molecular weight excluding hydrogens is 348 g/mol. The van der Waals surface area contributed by atoms with Crippen LogP contribution in [0.5, 0.6) is 0 Å². The van der Waals surface area contributed by atoms with Gasteiger partial charge in [0.2, 0.25) is 0 Å². The standard InChI is InChI=1S/C22H34N6/c1-3-4-5-10-23-14-17-28(18-21-19(2)7-6-11-24-21)20-8-15-27(16-9-20)22-25-12-13-26-22/h4-7,10-11,20H,3,8-9,12-18H2,1-2H3,(H,25,26)/b5-4-,23-10?. The largest absolute Gasteiger partial charge is 0.354 e. The number of guanidine groups is 1. The number of hydrogen-bond donors (Lipinski definition) is 1. The van der Waals surface area contributed by atoms with Crippen LogP contribution in [-0.4, -0.2) is 72.3 Å². The number of piperidine rings is 1. The molecule has 1 saturated heterocycles. The number of aryl methyl sites for hydroxylation is 1. The van der Waals surface area contributed by atoms with Crippen molar-refractivity contribution in [1.82, 2.24) is 20.1 Å². The lowest BCUT2D eigenvalue weighted by molar-refractivity contribution is 0.130. The van der Waals surface area contributed by atoms with Crippen molar-refractivity contribution in [1.29, 1.82) is 0 Å². The summed E-state index contributed by atoms with van der Waals surface area (Å²) in [5, 5.41) is 3.40. The molecule has 1 aromatic rings. The first-order valence-electron chi connectivity index (χ1n) is 10.6. The van der Waals surface area contributed by atoms with Gasteiger partial charge in [0.25, 0.3) is 0 Å². The Balaban J connectivity index is 1.59. The van der Waals surface area contributed by atoms with Crippen LogP contribution < -0.4 is 5.32 Å². The van der Waals surface area contributed by atoms with Crippen molar-refractivity contribution in [2.45, 2.75) is 45.7 Å². The van der Waals surface area contributed by atoms with Crippen LogP contribution in [0.1, 0.15) is 37.4 Å². The van der Waals surface area contributed by atoms with E-state index in [9.17, 15) is 0 Å². The molecule has 0 amide bonds. The highest BCUT2D eigenvalue weighted by Crippen LogP contribution is 2.20. The van der Waals surface area contributed by atoms with Crippen molar-refractivity contribution in [3.05, 3.63) is 41.7 Å². The third-order valence-electron chi connectivity index (χ3n) is 5.49. The average molecular weight is 383 g/mol. The maximum absolute atomic E-state index is 4.63. The Bertz CT molecular complexity index is 688. The molecule has 6 nitrogen and oxygen atoms in total. The van der Waals surface area contributed by atoms with Gasteiger partial charge < -0.3 is 10.2 Å². The zero-order chi connectivity index (χ0) is 19.6. The fraction of sp³-hybridized carbons (Fsp3) is 0.591. The molecule has 28 heavy (non-hydrogen) atoms. The van der Waals surface area contributed by atoms with Gasteiger partial charge in [0.1, 0.15) is 0 Å². The van der Waals surface area contributed by atoms with E-state index in [0.717, 1.165) is 71.0 Å². The first-order chi connectivity index (χ1) is 13.8. The smallest absolute Gasteiger partial charge is 0.194 e. The van der Waals surface area contributed by atoms with Gasteiger partial charge in [-0.25, -0.2) is 0 Å². The van der Waals surface area contributed by atoms with Crippen LogP contribution in [0.3, 0.4) is 0 Å². The highest BCUT2D eigenvalue weighted by atomic mass is 15.3. The monoisotopic (exact) mass is 382 g/mol. The second-order valence-corrected chi connectivity index (χ2v) is 7.48. The van der Waals surface area contributed by atoms with Gasteiger partial charge in [-0.05, 0) is 43.9 Å². The Morgan fingerprint density at radius 1 is 1.36 bits per heavy atom. The van der Waals surface area contributed by atoms with Crippen molar-refractivity contribution in [2.24, 2.45) is 9.98 Å². The molecule has 1 fully saturated rings. The Hall–Kier alpha value is -2.21. The van der Waals surface area contributed by atoms with E-state index in [4.69, 9.17) is 0 Å². The summed E-state index contributed by atoms with van der Waals surface area (Å²) in [6.45, 7) is 11.0. The van der Waals surface area contributed by atoms with Gasteiger partial charge in [-0.15, -0.1) is 0 Å². The van der Waals surface area contributed by atoms with Gasteiger partial charge in [-0.1, -0.05) is 19.1 Å². The van der Waals surface area contributed by atoms with Crippen molar-refractivity contribution in [3.63, 3.8) is 0 Å². The number of nitrogens with zero attached hydrogens (tertiary/aromatic N) is 5. The van der Waals surface area contributed by atoms with Crippen LogP contribution in [0.15, 0.2) is 40.5 Å². The highest BCUT2D eigenvalue weighted by molar-refractivity contribution is 5.81. The van der Waals surface area contributed by atoms with E-state index >= 15 is 0 Å². The molecule has 0 unspecified atom stereocenters. The van der Waals surface area contributed by atoms with Crippen LogP contribution >= 0.6 is 0 Å². The summed E-state index contributed by atoms with van der Waals surface area (Å²) in [4.78, 5) is 18.8. The number of hydrogen-bond acceptors (Lipinski definition) is 6. The van der Waals surface area contributed by atoms with Gasteiger partial charge in [-0.2, -0.15) is 0 Å². The van der Waals surface area contributed by atoms with Gasteiger partial charge in [0.05, 0.1) is 18.8 Å². The number of aromatic nitrogens is 1. The maximum atomic E-state index is 4.63. The Kier molecular flexibility index (Phi) is 8.03. The van der Waals surface area contributed by atoms with Crippen molar-refractivity contribution in [2.75, 3.05) is 39.3 Å². The predicted octanol–water partition coefficient (Wildman–Crippen LogP) is 2.65. The summed E-state index contributed by atoms with van der Waals surface area (Å²) in [7, 11) is 0. The predicted molar refractivity (Wildman–Crippen MR) is 117 cm³/mol. The zero-order valence-corrected chi connectivity index (χ0v) is 17.3. The molecule has 1 aromatic heterocycles. The van der Waals surface area contributed by atoms with Gasteiger partial charge in [0, 0.05) is 51.2 Å². The molecule has 0 radical (unpaired) electrons. The van der Waals surface area contributed by atoms with Crippen molar-refractivity contribution < 1.29 is 0 Å². The Morgan fingerprint density at radius 2 is 2.21 bits per heavy atom. The van der Waals surface area contributed by atoms with E-state index in [-0.39, 0.29) is 0 Å². The maximum Gasteiger partial charge on any atom is 0.194 e. The number of allylic oxidation sites excluding steroid dienone is 2. The molecule has 0 aliphatic carbocycles. The Labute approximate surface area is 169 Å². The van der Waals surface area contributed by atoms with Crippen LogP contribution in [-0.2, 0) is 6.54 Å². The second-order valence-electron chi connectivity index (χ2n) is 7.48. The van der Waals surface area contributed by atoms with E-state index in [2.05, 4.69) is 56.1 Å². The minimum absolute atomic E-state index is 0.570. The third kappa shape index (κ3) is 5.89. The summed E-state index contributed by atoms with van der Waals surface area (Å²) < 4.78 is 0. The van der Waals surface area contributed by atoms with Gasteiger partial charge in [-0.3, -0.25) is 19.9 Å². The molecule has 152 valence electrons. The molecule has 6 heteroatoms. The number of nitrogens with one attached hydrogen (secondary N) is 1. The average Bonchev–Trinajstić information content (AvgIpc) is 3.26. The van der Waals surface area contributed by atoms with Crippen LogP contribution in [0.2, 0.25) is 0 Å². The fourth-order valence-electron chi connectivity index (χ4n) is 3.83. The van der Waals surface area contributed by atoms with Crippen molar-refractivity contribution >= 4 is 12.2 Å². The molecular formula is C22H34N6. The quantitative estimate of drug-likeness (QED) is 0.703. The van der Waals surface area contributed by atoms with Crippen LogP contribution in [0, 0.1) is 6.92 Å². The number of rotatable bonds is 8. The van der Waals surface area contributed by atoms with Crippen LogP contribution in [0.25, 0.3) is 0 Å². The summed E-state index contributed by atoms with van der Waals surface area (Å²) in [5.74, 6) is 1.10. The lowest BCUT2D eigenvalue weighted by atomic mass is 10.0. The van der Waals surface area contributed by atoms with E-state index < -0.39 is 0 Å². The SMILES string of the molecule is CC/C=C\C=NCCN(Cc1ncccc1C)C1CCN(C2=NCCN2)CC1. The lowest BCUT2D eigenvalue weighted by Crippen LogP contribution is -2.49. The summed E-state index contributed by atoms with van der Waals surface area (Å²) in [5.41, 5.74) is 2.45. The molecule has 0 atom stereocenters. The molecule has 1 N–H and O–H groups in total. The summed E-state index contributed by atoms with van der Waals surface area (Å²) in [6, 6.07) is 4.74. The summed E-state index contributed by atoms with van der Waals surface area (Å²) in [6.07, 6.45) is 11.4. The third-order valence-corrected chi connectivity index (χ3v) is 5.49. The van der Waals surface area contributed by atoms with Crippen LogP contribution in [0.4, 0.5) is 0 Å². The van der Waals surface area contributed by atoms with Gasteiger partial charge in [0.15, 0.2) is 5.96 Å². The molecule has 0 saturated carbocycles. The first kappa shape index (κ1) is 20.5. The van der Waals surface area contributed by atoms with E-state index in [1.54, 1.807) is 0 Å². The summed E-state index contributed by atoms with van der Waals surface area (Å²) >= 11 is 0. The van der Waals surface area contributed by atoms with Crippen molar-refractivity contribution in [3.8, 4) is 0 Å². The molecule has 0 aromatic carbocycles. The minimum Gasteiger partial charge on any atom is -0.354 e. The zero-order valence-electron chi connectivity index (χ0n) is 17.3. The fourth-order valence-corrected chi connectivity index (χ4v) is 3.83. The van der Waals surface area contributed by atoms with E-state index in [1.165, 1.54) is 11.3 Å². The molecule has 3 heterocycles. The molecule has 0 bridgehead atoms. The normalized spacial score (nSPS) is 18.4. The minimum atomic E-state index is 0.570. The lowest BCUT2D eigenvalue weighted by Gasteiger charge is -2.39.